The number of anilines is 2. The van der Waals surface area contributed by atoms with E-state index in [0.717, 1.165) is 5.56 Å². The Morgan fingerprint density at radius 3 is 2.15 bits per heavy atom. The smallest absolute Gasteiger partial charge is 0.308 e. The molecule has 0 atom stereocenters. The monoisotopic (exact) mass is 382 g/mol. The number of para-hydroxylation sites is 1. The standard InChI is InChI=1S/C19H18N4O3S/c24-19(22-16-6-2-1-3-7-16)23-17-8-10-18(11-9-17)27(25,26)21-14-15-5-4-12-20-13-15/h1-13,21H,14H2,(H2,22,23,24). The molecule has 3 rings (SSSR count). The van der Waals surface area contributed by atoms with Gasteiger partial charge in [-0.1, -0.05) is 24.3 Å². The highest BCUT2D eigenvalue weighted by Crippen LogP contribution is 2.15. The Bertz CT molecular complexity index is 992. The second-order valence-corrected chi connectivity index (χ2v) is 7.42. The fourth-order valence-corrected chi connectivity index (χ4v) is 3.31. The summed E-state index contributed by atoms with van der Waals surface area (Å²) in [5, 5.41) is 5.34. The summed E-state index contributed by atoms with van der Waals surface area (Å²) in [5.41, 5.74) is 1.90. The highest BCUT2D eigenvalue weighted by Gasteiger charge is 2.14. The molecule has 8 heteroatoms. The SMILES string of the molecule is O=C(Nc1ccccc1)Nc1ccc(S(=O)(=O)NCc2cccnc2)cc1. The molecule has 7 nitrogen and oxygen atoms in total. The first kappa shape index (κ1) is 18.6. The van der Waals surface area contributed by atoms with Crippen molar-refractivity contribution in [3.8, 4) is 0 Å². The number of sulfonamides is 1. The third kappa shape index (κ3) is 5.37. The van der Waals surface area contributed by atoms with Gasteiger partial charge in [0.05, 0.1) is 4.90 Å². The molecule has 138 valence electrons. The van der Waals surface area contributed by atoms with Crippen molar-refractivity contribution in [3.05, 3.63) is 84.7 Å². The zero-order valence-electron chi connectivity index (χ0n) is 14.3. The maximum Gasteiger partial charge on any atom is 0.323 e. The summed E-state index contributed by atoms with van der Waals surface area (Å²) in [5.74, 6) is 0. The molecule has 27 heavy (non-hydrogen) atoms. The van der Waals surface area contributed by atoms with Crippen LogP contribution in [0.15, 0.2) is 84.0 Å². The van der Waals surface area contributed by atoms with Crippen LogP contribution in [-0.4, -0.2) is 19.4 Å². The number of carbonyl (C=O) groups is 1. The molecular weight excluding hydrogens is 364 g/mol. The number of amides is 2. The van der Waals surface area contributed by atoms with Gasteiger partial charge in [-0.3, -0.25) is 4.98 Å². The number of nitrogens with one attached hydrogen (secondary N) is 3. The van der Waals surface area contributed by atoms with Crippen LogP contribution in [0.4, 0.5) is 16.2 Å². The van der Waals surface area contributed by atoms with E-state index >= 15 is 0 Å². The van der Waals surface area contributed by atoms with Crippen molar-refractivity contribution in [2.75, 3.05) is 10.6 Å². The van der Waals surface area contributed by atoms with Crippen molar-refractivity contribution >= 4 is 27.4 Å². The number of pyridine rings is 1. The van der Waals surface area contributed by atoms with Crippen molar-refractivity contribution in [2.45, 2.75) is 11.4 Å². The molecule has 0 aliphatic carbocycles. The van der Waals surface area contributed by atoms with Gasteiger partial charge in [0.25, 0.3) is 0 Å². The highest BCUT2D eigenvalue weighted by atomic mass is 32.2. The van der Waals surface area contributed by atoms with Gasteiger partial charge in [-0.05, 0) is 48.0 Å². The van der Waals surface area contributed by atoms with E-state index in [1.807, 2.05) is 18.2 Å². The maximum absolute atomic E-state index is 12.3. The molecule has 0 radical (unpaired) electrons. The van der Waals surface area contributed by atoms with Crippen LogP contribution < -0.4 is 15.4 Å². The highest BCUT2D eigenvalue weighted by molar-refractivity contribution is 7.89. The number of urea groups is 1. The molecule has 0 aliphatic rings. The molecule has 0 spiro atoms. The van der Waals surface area contributed by atoms with E-state index in [0.29, 0.717) is 11.4 Å². The van der Waals surface area contributed by atoms with Gasteiger partial charge in [0, 0.05) is 30.3 Å². The summed E-state index contributed by atoms with van der Waals surface area (Å²) in [6.45, 7) is 0.148. The summed E-state index contributed by atoms with van der Waals surface area (Å²) < 4.78 is 27.2. The van der Waals surface area contributed by atoms with Crippen molar-refractivity contribution in [1.82, 2.24) is 9.71 Å². The fraction of sp³-hybridized carbons (Fsp3) is 0.0526. The lowest BCUT2D eigenvalue weighted by Crippen LogP contribution is -2.23. The number of hydrogen-bond donors (Lipinski definition) is 3. The quantitative estimate of drug-likeness (QED) is 0.609. The van der Waals surface area contributed by atoms with E-state index in [4.69, 9.17) is 0 Å². The van der Waals surface area contributed by atoms with Crippen LogP contribution in [0, 0.1) is 0 Å². The average molecular weight is 382 g/mol. The van der Waals surface area contributed by atoms with Crippen LogP contribution in [-0.2, 0) is 16.6 Å². The number of carbonyl (C=O) groups excluding carboxylic acids is 1. The van der Waals surface area contributed by atoms with Crippen LogP contribution in [0.2, 0.25) is 0 Å². The molecule has 0 aliphatic heterocycles. The third-order valence-corrected chi connectivity index (χ3v) is 5.06. The van der Waals surface area contributed by atoms with Crippen LogP contribution in [0.1, 0.15) is 5.56 Å². The molecule has 0 fully saturated rings. The first-order chi connectivity index (χ1) is 13.0. The molecule has 3 N–H and O–H groups in total. The molecule has 3 aromatic rings. The summed E-state index contributed by atoms with van der Waals surface area (Å²) >= 11 is 0. The van der Waals surface area contributed by atoms with Gasteiger partial charge >= 0.3 is 6.03 Å². The van der Waals surface area contributed by atoms with E-state index in [-0.39, 0.29) is 11.4 Å². The molecule has 0 unspecified atom stereocenters. The Hall–Kier alpha value is -3.23. The summed E-state index contributed by atoms with van der Waals surface area (Å²) in [6, 6.07) is 18.1. The minimum absolute atomic E-state index is 0.111. The Kier molecular flexibility index (Phi) is 5.80. The van der Waals surface area contributed by atoms with Crippen LogP contribution in [0.3, 0.4) is 0 Å². The second-order valence-electron chi connectivity index (χ2n) is 5.66. The minimum Gasteiger partial charge on any atom is -0.308 e. The Balaban J connectivity index is 1.59. The van der Waals surface area contributed by atoms with Crippen LogP contribution >= 0.6 is 0 Å². The van der Waals surface area contributed by atoms with Gasteiger partial charge in [0.2, 0.25) is 10.0 Å². The number of benzene rings is 2. The normalized spacial score (nSPS) is 11.0. The zero-order valence-corrected chi connectivity index (χ0v) is 15.1. The lowest BCUT2D eigenvalue weighted by atomic mass is 10.3. The topological polar surface area (TPSA) is 100 Å². The van der Waals surface area contributed by atoms with Gasteiger partial charge in [-0.25, -0.2) is 17.9 Å². The van der Waals surface area contributed by atoms with E-state index < -0.39 is 16.1 Å². The Morgan fingerprint density at radius 2 is 1.52 bits per heavy atom. The van der Waals surface area contributed by atoms with Crippen molar-refractivity contribution in [1.29, 1.82) is 0 Å². The number of aromatic nitrogens is 1. The predicted molar refractivity (Wildman–Crippen MR) is 104 cm³/mol. The number of nitrogens with zero attached hydrogens (tertiary/aromatic N) is 1. The van der Waals surface area contributed by atoms with E-state index in [2.05, 4.69) is 20.3 Å². The van der Waals surface area contributed by atoms with Gasteiger partial charge in [0.15, 0.2) is 0 Å². The summed E-state index contributed by atoms with van der Waals surface area (Å²) in [7, 11) is -3.66. The first-order valence-electron chi connectivity index (χ1n) is 8.15. The van der Waals surface area contributed by atoms with Crippen molar-refractivity contribution < 1.29 is 13.2 Å². The van der Waals surface area contributed by atoms with Crippen LogP contribution in [0.25, 0.3) is 0 Å². The molecule has 1 heterocycles. The van der Waals surface area contributed by atoms with Crippen molar-refractivity contribution in [3.63, 3.8) is 0 Å². The molecule has 2 amide bonds. The number of rotatable bonds is 6. The summed E-state index contributed by atoms with van der Waals surface area (Å²) in [6.07, 6.45) is 3.22. The van der Waals surface area contributed by atoms with Gasteiger partial charge in [-0.15, -0.1) is 0 Å². The average Bonchev–Trinajstić information content (AvgIpc) is 2.68. The molecule has 1 aromatic heterocycles. The van der Waals surface area contributed by atoms with Crippen molar-refractivity contribution in [2.24, 2.45) is 0 Å². The van der Waals surface area contributed by atoms with E-state index in [1.54, 1.807) is 36.7 Å². The van der Waals surface area contributed by atoms with Gasteiger partial charge < -0.3 is 10.6 Å². The molecule has 0 saturated heterocycles. The molecule has 0 saturated carbocycles. The lowest BCUT2D eigenvalue weighted by Gasteiger charge is -2.09. The molecule has 2 aromatic carbocycles. The largest absolute Gasteiger partial charge is 0.323 e. The first-order valence-corrected chi connectivity index (χ1v) is 9.63. The van der Waals surface area contributed by atoms with E-state index in [9.17, 15) is 13.2 Å². The Labute approximate surface area is 157 Å². The molecule has 0 bridgehead atoms. The predicted octanol–water partition coefficient (Wildman–Crippen LogP) is 3.20. The maximum atomic E-state index is 12.3. The second kappa shape index (κ2) is 8.43. The summed E-state index contributed by atoms with van der Waals surface area (Å²) in [4.78, 5) is 16.0. The minimum atomic E-state index is -3.66. The van der Waals surface area contributed by atoms with Crippen LogP contribution in [0.5, 0.6) is 0 Å². The van der Waals surface area contributed by atoms with Gasteiger partial charge in [-0.2, -0.15) is 0 Å². The third-order valence-electron chi connectivity index (χ3n) is 3.64. The zero-order chi connectivity index (χ0) is 19.1. The van der Waals surface area contributed by atoms with E-state index in [1.165, 1.54) is 24.3 Å². The Morgan fingerprint density at radius 1 is 0.852 bits per heavy atom. The van der Waals surface area contributed by atoms with Gasteiger partial charge in [0.1, 0.15) is 0 Å². The fourth-order valence-electron chi connectivity index (χ4n) is 2.30. The number of hydrogen-bond acceptors (Lipinski definition) is 4. The molecular formula is C19H18N4O3S. The lowest BCUT2D eigenvalue weighted by molar-refractivity contribution is 0.262.